The van der Waals surface area contributed by atoms with Crippen molar-refractivity contribution in [2.75, 3.05) is 13.2 Å². The predicted octanol–water partition coefficient (Wildman–Crippen LogP) is 3.04. The molecule has 3 heteroatoms. The summed E-state index contributed by atoms with van der Waals surface area (Å²) in [6, 6.07) is 17.3. The van der Waals surface area contributed by atoms with Crippen LogP contribution in [0.1, 0.15) is 30.9 Å². The summed E-state index contributed by atoms with van der Waals surface area (Å²) < 4.78 is 5.72. The lowest BCUT2D eigenvalue weighted by atomic mass is 9.95. The number of hydrogen-bond acceptors (Lipinski definition) is 3. The van der Waals surface area contributed by atoms with Gasteiger partial charge in [-0.05, 0) is 29.2 Å². The van der Waals surface area contributed by atoms with Crippen LogP contribution in [0.3, 0.4) is 0 Å². The molecule has 1 atom stereocenters. The number of hydrogen-bond donors (Lipinski definition) is 2. The molecule has 0 radical (unpaired) electrons. The number of ether oxygens (including phenoxy) is 1. The fourth-order valence-corrected chi connectivity index (χ4v) is 2.16. The molecule has 0 heterocycles. The number of aliphatic hydroxyl groups is 1. The number of benzene rings is 2. The summed E-state index contributed by atoms with van der Waals surface area (Å²) in [6.07, 6.45) is 0. The van der Waals surface area contributed by atoms with E-state index >= 15 is 0 Å². The molecular formula is C18H23NO2. The van der Waals surface area contributed by atoms with Crippen LogP contribution in [0.2, 0.25) is 0 Å². The molecule has 2 rings (SSSR count). The topological polar surface area (TPSA) is 55.5 Å². The molecule has 0 fully saturated rings. The first-order valence-electron chi connectivity index (χ1n) is 7.26. The Labute approximate surface area is 126 Å². The van der Waals surface area contributed by atoms with E-state index in [9.17, 15) is 5.11 Å². The Hall–Kier alpha value is -1.84. The third-order valence-corrected chi connectivity index (χ3v) is 3.67. The lowest BCUT2D eigenvalue weighted by Gasteiger charge is -2.27. The van der Waals surface area contributed by atoms with Crippen molar-refractivity contribution in [1.82, 2.24) is 0 Å². The summed E-state index contributed by atoms with van der Waals surface area (Å²) in [5.74, 6) is 1.23. The van der Waals surface area contributed by atoms with Crippen LogP contribution in [0.15, 0.2) is 54.6 Å². The van der Waals surface area contributed by atoms with E-state index in [1.807, 2.05) is 54.6 Å². The molecule has 0 aliphatic carbocycles. The molecule has 0 saturated carbocycles. The molecule has 0 aliphatic heterocycles. The lowest BCUT2D eigenvalue weighted by molar-refractivity contribution is -0.00145. The van der Waals surface area contributed by atoms with Gasteiger partial charge < -0.3 is 15.6 Å². The van der Waals surface area contributed by atoms with Gasteiger partial charge in [0.05, 0.1) is 0 Å². The minimum absolute atomic E-state index is 0.112. The van der Waals surface area contributed by atoms with Crippen LogP contribution in [-0.2, 0) is 5.60 Å². The first-order valence-corrected chi connectivity index (χ1v) is 7.26. The van der Waals surface area contributed by atoms with Crippen LogP contribution in [0, 0.1) is 0 Å². The van der Waals surface area contributed by atoms with E-state index in [-0.39, 0.29) is 13.2 Å². The van der Waals surface area contributed by atoms with Gasteiger partial charge in [-0.2, -0.15) is 0 Å². The highest BCUT2D eigenvalue weighted by Gasteiger charge is 2.28. The zero-order chi connectivity index (χ0) is 15.3. The van der Waals surface area contributed by atoms with Gasteiger partial charge in [0.15, 0.2) is 0 Å². The van der Waals surface area contributed by atoms with Crippen LogP contribution in [0.5, 0.6) is 5.75 Å². The highest BCUT2D eigenvalue weighted by molar-refractivity contribution is 5.29. The van der Waals surface area contributed by atoms with Gasteiger partial charge in [0.1, 0.15) is 18.0 Å². The van der Waals surface area contributed by atoms with E-state index in [1.54, 1.807) is 0 Å². The molecule has 3 nitrogen and oxygen atoms in total. The number of rotatable bonds is 6. The maximum absolute atomic E-state index is 10.6. The first kappa shape index (κ1) is 15.5. The normalized spacial score (nSPS) is 14.0. The first-order chi connectivity index (χ1) is 10.0. The van der Waals surface area contributed by atoms with E-state index < -0.39 is 5.60 Å². The summed E-state index contributed by atoms with van der Waals surface area (Å²) in [5, 5.41) is 10.6. The SMILES string of the molecule is CC(C)c1ccc(OCC(O)(CN)c2ccccc2)cc1. The maximum Gasteiger partial charge on any atom is 0.136 e. The van der Waals surface area contributed by atoms with E-state index in [2.05, 4.69) is 13.8 Å². The van der Waals surface area contributed by atoms with Gasteiger partial charge in [-0.3, -0.25) is 0 Å². The van der Waals surface area contributed by atoms with Crippen molar-refractivity contribution in [1.29, 1.82) is 0 Å². The van der Waals surface area contributed by atoms with Gasteiger partial charge in [-0.1, -0.05) is 56.3 Å². The van der Waals surface area contributed by atoms with Gasteiger partial charge in [-0.15, -0.1) is 0 Å². The molecule has 2 aromatic rings. The fraction of sp³-hybridized carbons (Fsp3) is 0.333. The molecular weight excluding hydrogens is 262 g/mol. The van der Waals surface area contributed by atoms with Crippen molar-refractivity contribution in [3.8, 4) is 5.75 Å². The standard InChI is InChI=1S/C18H23NO2/c1-14(2)15-8-10-17(11-9-15)21-13-18(20,12-19)16-6-4-3-5-7-16/h3-11,14,20H,12-13,19H2,1-2H3. The van der Waals surface area contributed by atoms with Crippen molar-refractivity contribution in [3.05, 3.63) is 65.7 Å². The molecule has 0 spiro atoms. The van der Waals surface area contributed by atoms with Gasteiger partial charge in [0.2, 0.25) is 0 Å². The molecule has 1 unspecified atom stereocenters. The van der Waals surface area contributed by atoms with Gasteiger partial charge in [-0.25, -0.2) is 0 Å². The largest absolute Gasteiger partial charge is 0.490 e. The quantitative estimate of drug-likeness (QED) is 0.857. The minimum Gasteiger partial charge on any atom is -0.490 e. The Bertz CT molecular complexity index is 551. The highest BCUT2D eigenvalue weighted by atomic mass is 16.5. The van der Waals surface area contributed by atoms with Crippen molar-refractivity contribution < 1.29 is 9.84 Å². The molecule has 0 bridgehead atoms. The highest BCUT2D eigenvalue weighted by Crippen LogP contribution is 2.23. The number of nitrogens with two attached hydrogens (primary N) is 1. The lowest BCUT2D eigenvalue weighted by Crippen LogP contribution is -2.40. The Morgan fingerprint density at radius 1 is 1.05 bits per heavy atom. The maximum atomic E-state index is 10.6. The van der Waals surface area contributed by atoms with Crippen LogP contribution >= 0.6 is 0 Å². The zero-order valence-electron chi connectivity index (χ0n) is 12.6. The fourth-order valence-electron chi connectivity index (χ4n) is 2.16. The van der Waals surface area contributed by atoms with Crippen molar-refractivity contribution in [2.24, 2.45) is 5.73 Å². The summed E-state index contributed by atoms with van der Waals surface area (Å²) in [5.41, 5.74) is 6.60. The Kier molecular flexibility index (Phi) is 4.99. The third kappa shape index (κ3) is 3.84. The Balaban J connectivity index is 2.06. The van der Waals surface area contributed by atoms with Crippen molar-refractivity contribution >= 4 is 0 Å². The molecule has 0 aliphatic rings. The van der Waals surface area contributed by atoms with E-state index in [0.717, 1.165) is 11.3 Å². The second-order valence-corrected chi connectivity index (χ2v) is 5.61. The second-order valence-electron chi connectivity index (χ2n) is 5.61. The van der Waals surface area contributed by atoms with Crippen LogP contribution in [0.4, 0.5) is 0 Å². The molecule has 2 aromatic carbocycles. The smallest absolute Gasteiger partial charge is 0.136 e. The van der Waals surface area contributed by atoms with Crippen molar-refractivity contribution in [2.45, 2.75) is 25.4 Å². The van der Waals surface area contributed by atoms with E-state index in [0.29, 0.717) is 5.92 Å². The van der Waals surface area contributed by atoms with Crippen LogP contribution in [0.25, 0.3) is 0 Å². The minimum atomic E-state index is -1.17. The zero-order valence-corrected chi connectivity index (χ0v) is 12.6. The molecule has 21 heavy (non-hydrogen) atoms. The summed E-state index contributed by atoms with van der Waals surface area (Å²) in [4.78, 5) is 0. The third-order valence-electron chi connectivity index (χ3n) is 3.67. The van der Waals surface area contributed by atoms with Crippen molar-refractivity contribution in [3.63, 3.8) is 0 Å². The Morgan fingerprint density at radius 2 is 1.67 bits per heavy atom. The summed E-state index contributed by atoms with van der Waals surface area (Å²) in [6.45, 7) is 4.55. The predicted molar refractivity (Wildman–Crippen MR) is 85.4 cm³/mol. The second kappa shape index (κ2) is 6.74. The van der Waals surface area contributed by atoms with Gasteiger partial charge >= 0.3 is 0 Å². The van der Waals surface area contributed by atoms with Crippen LogP contribution < -0.4 is 10.5 Å². The average Bonchev–Trinajstić information content (AvgIpc) is 2.54. The molecule has 0 amide bonds. The van der Waals surface area contributed by atoms with Gasteiger partial charge in [0, 0.05) is 6.54 Å². The van der Waals surface area contributed by atoms with Crippen LogP contribution in [-0.4, -0.2) is 18.3 Å². The van der Waals surface area contributed by atoms with Gasteiger partial charge in [0.25, 0.3) is 0 Å². The average molecular weight is 285 g/mol. The Morgan fingerprint density at radius 3 is 2.19 bits per heavy atom. The molecule has 0 aromatic heterocycles. The molecule has 112 valence electrons. The summed E-state index contributed by atoms with van der Waals surface area (Å²) in [7, 11) is 0. The summed E-state index contributed by atoms with van der Waals surface area (Å²) >= 11 is 0. The monoisotopic (exact) mass is 285 g/mol. The molecule has 3 N–H and O–H groups in total. The van der Waals surface area contributed by atoms with E-state index in [4.69, 9.17) is 10.5 Å². The molecule has 0 saturated heterocycles. The van der Waals surface area contributed by atoms with E-state index in [1.165, 1.54) is 5.56 Å².